The van der Waals surface area contributed by atoms with Gasteiger partial charge < -0.3 is 9.67 Å². The molecule has 0 unspecified atom stereocenters. The lowest BCUT2D eigenvalue weighted by Crippen LogP contribution is -1.94. The Kier molecular flexibility index (Phi) is 2.46. The average Bonchev–Trinajstić information content (AvgIpc) is 3.00. The molecule has 2 aromatic heterocycles. The van der Waals surface area contributed by atoms with Crippen molar-refractivity contribution in [2.75, 3.05) is 0 Å². The zero-order chi connectivity index (χ0) is 11.7. The summed E-state index contributed by atoms with van der Waals surface area (Å²) in [5.41, 5.74) is 1.91. The van der Waals surface area contributed by atoms with Gasteiger partial charge in [0.05, 0.1) is 16.3 Å². The lowest BCUT2D eigenvalue weighted by atomic mass is 10.2. The van der Waals surface area contributed by atoms with E-state index in [0.717, 1.165) is 11.4 Å². The monoisotopic (exact) mass is 241 g/mol. The summed E-state index contributed by atoms with van der Waals surface area (Å²) in [5, 5.41) is 11.9. The fourth-order valence-corrected chi connectivity index (χ4v) is 2.63. The van der Waals surface area contributed by atoms with Gasteiger partial charge in [0.1, 0.15) is 5.75 Å². The molecule has 0 aliphatic heterocycles. The summed E-state index contributed by atoms with van der Waals surface area (Å²) in [4.78, 5) is 1.19. The first-order chi connectivity index (χ1) is 8.36. The van der Waals surface area contributed by atoms with Crippen molar-refractivity contribution in [1.82, 2.24) is 4.57 Å². The molecule has 2 nitrogen and oxygen atoms in total. The molecular weight excluding hydrogens is 230 g/mol. The smallest absolute Gasteiger partial charge is 0.139 e. The number of aromatic nitrogens is 1. The Bertz CT molecular complexity index is 625. The van der Waals surface area contributed by atoms with E-state index >= 15 is 0 Å². The first kappa shape index (κ1) is 10.2. The van der Waals surface area contributed by atoms with Crippen LogP contribution in [0.4, 0.5) is 0 Å². The second kappa shape index (κ2) is 4.11. The van der Waals surface area contributed by atoms with E-state index in [9.17, 15) is 5.11 Å². The van der Waals surface area contributed by atoms with Crippen LogP contribution in [0, 0.1) is 0 Å². The predicted molar refractivity (Wildman–Crippen MR) is 70.7 cm³/mol. The highest BCUT2D eigenvalue weighted by atomic mass is 32.1. The number of para-hydroxylation sites is 2. The Hall–Kier alpha value is -2.00. The van der Waals surface area contributed by atoms with E-state index in [1.807, 2.05) is 41.1 Å². The third kappa shape index (κ3) is 1.74. The number of nitrogens with zero attached hydrogens (tertiary/aromatic N) is 1. The zero-order valence-electron chi connectivity index (χ0n) is 9.08. The van der Waals surface area contributed by atoms with Crippen molar-refractivity contribution < 1.29 is 5.11 Å². The van der Waals surface area contributed by atoms with Gasteiger partial charge in [0.2, 0.25) is 0 Å². The number of rotatable bonds is 2. The van der Waals surface area contributed by atoms with Crippen LogP contribution in [0.2, 0.25) is 0 Å². The van der Waals surface area contributed by atoms with Gasteiger partial charge in [0.15, 0.2) is 0 Å². The maximum Gasteiger partial charge on any atom is 0.139 e. The van der Waals surface area contributed by atoms with Crippen LogP contribution in [0.1, 0.15) is 0 Å². The van der Waals surface area contributed by atoms with Crippen molar-refractivity contribution >= 4 is 11.3 Å². The molecule has 1 aromatic carbocycles. The normalized spacial score (nSPS) is 10.6. The standard InChI is InChI=1S/C14H11NOS/c16-13-7-2-1-5-11(13)15-9-3-6-12(15)14-8-4-10-17-14/h1-10,16H. The average molecular weight is 241 g/mol. The number of phenolic OH excluding ortho intramolecular Hbond substituents is 1. The Morgan fingerprint density at radius 2 is 1.82 bits per heavy atom. The van der Waals surface area contributed by atoms with Gasteiger partial charge in [-0.15, -0.1) is 11.3 Å². The number of hydrogen-bond acceptors (Lipinski definition) is 2. The second-order valence-corrected chi connectivity index (χ2v) is 4.68. The van der Waals surface area contributed by atoms with Gasteiger partial charge >= 0.3 is 0 Å². The van der Waals surface area contributed by atoms with Crippen LogP contribution < -0.4 is 0 Å². The van der Waals surface area contributed by atoms with Crippen LogP contribution >= 0.6 is 11.3 Å². The first-order valence-electron chi connectivity index (χ1n) is 5.36. The number of benzene rings is 1. The minimum absolute atomic E-state index is 0.293. The van der Waals surface area contributed by atoms with Gasteiger partial charge in [0.25, 0.3) is 0 Å². The minimum Gasteiger partial charge on any atom is -0.506 e. The molecule has 0 saturated carbocycles. The van der Waals surface area contributed by atoms with E-state index in [2.05, 4.69) is 17.5 Å². The highest BCUT2D eigenvalue weighted by Gasteiger charge is 2.08. The molecular formula is C14H11NOS. The van der Waals surface area contributed by atoms with Crippen LogP contribution in [-0.4, -0.2) is 9.67 Å². The number of thiophene rings is 1. The lowest BCUT2D eigenvalue weighted by Gasteiger charge is -2.09. The van der Waals surface area contributed by atoms with Crippen LogP contribution in [0.5, 0.6) is 5.75 Å². The molecule has 0 fully saturated rings. The lowest BCUT2D eigenvalue weighted by molar-refractivity contribution is 0.472. The van der Waals surface area contributed by atoms with Crippen molar-refractivity contribution in [2.45, 2.75) is 0 Å². The fraction of sp³-hybridized carbons (Fsp3) is 0. The molecule has 0 bridgehead atoms. The van der Waals surface area contributed by atoms with Crippen molar-refractivity contribution in [3.8, 4) is 22.0 Å². The Morgan fingerprint density at radius 1 is 0.941 bits per heavy atom. The van der Waals surface area contributed by atoms with Crippen LogP contribution in [-0.2, 0) is 0 Å². The molecule has 0 atom stereocenters. The van der Waals surface area contributed by atoms with Gasteiger partial charge in [-0.3, -0.25) is 0 Å². The number of phenols is 1. The van der Waals surface area contributed by atoms with Gasteiger partial charge in [-0.25, -0.2) is 0 Å². The molecule has 2 heterocycles. The highest BCUT2D eigenvalue weighted by Crippen LogP contribution is 2.30. The molecule has 84 valence electrons. The molecule has 0 amide bonds. The number of hydrogen-bond donors (Lipinski definition) is 1. The minimum atomic E-state index is 0.293. The summed E-state index contributed by atoms with van der Waals surface area (Å²) >= 11 is 1.69. The topological polar surface area (TPSA) is 25.2 Å². The summed E-state index contributed by atoms with van der Waals surface area (Å²) in [5.74, 6) is 0.293. The van der Waals surface area contributed by atoms with Crippen LogP contribution in [0.3, 0.4) is 0 Å². The van der Waals surface area contributed by atoms with Crippen molar-refractivity contribution in [3.63, 3.8) is 0 Å². The Balaban J connectivity index is 2.17. The van der Waals surface area contributed by atoms with Crippen LogP contribution in [0.25, 0.3) is 16.3 Å². The summed E-state index contributed by atoms with van der Waals surface area (Å²) in [6.45, 7) is 0. The van der Waals surface area contributed by atoms with Crippen molar-refractivity contribution in [3.05, 3.63) is 60.1 Å². The maximum atomic E-state index is 9.89. The summed E-state index contributed by atoms with van der Waals surface area (Å²) in [6, 6.07) is 15.5. The van der Waals surface area contributed by atoms with Gasteiger partial charge in [-0.05, 0) is 35.7 Å². The molecule has 0 radical (unpaired) electrons. The predicted octanol–water partition coefficient (Wildman–Crippen LogP) is 3.91. The molecule has 3 rings (SSSR count). The molecule has 1 N–H and O–H groups in total. The molecule has 0 aliphatic carbocycles. The van der Waals surface area contributed by atoms with E-state index < -0.39 is 0 Å². The molecule has 3 heteroatoms. The first-order valence-corrected chi connectivity index (χ1v) is 6.24. The van der Waals surface area contributed by atoms with Crippen molar-refractivity contribution in [2.24, 2.45) is 0 Å². The fourth-order valence-electron chi connectivity index (χ4n) is 1.88. The molecule has 0 spiro atoms. The quantitative estimate of drug-likeness (QED) is 0.723. The van der Waals surface area contributed by atoms with Gasteiger partial charge in [-0.1, -0.05) is 18.2 Å². The maximum absolute atomic E-state index is 9.89. The highest BCUT2D eigenvalue weighted by molar-refractivity contribution is 7.13. The third-order valence-electron chi connectivity index (χ3n) is 2.66. The zero-order valence-corrected chi connectivity index (χ0v) is 9.89. The molecule has 0 aliphatic rings. The molecule has 17 heavy (non-hydrogen) atoms. The second-order valence-electron chi connectivity index (χ2n) is 3.73. The number of aromatic hydroxyl groups is 1. The van der Waals surface area contributed by atoms with E-state index in [-0.39, 0.29) is 0 Å². The largest absolute Gasteiger partial charge is 0.506 e. The van der Waals surface area contributed by atoms with E-state index in [1.165, 1.54) is 4.88 Å². The van der Waals surface area contributed by atoms with Crippen LogP contribution in [0.15, 0.2) is 60.1 Å². The van der Waals surface area contributed by atoms with E-state index in [4.69, 9.17) is 0 Å². The molecule has 0 saturated heterocycles. The van der Waals surface area contributed by atoms with Gasteiger partial charge in [0, 0.05) is 6.20 Å². The summed E-state index contributed by atoms with van der Waals surface area (Å²) < 4.78 is 2.00. The summed E-state index contributed by atoms with van der Waals surface area (Å²) in [7, 11) is 0. The van der Waals surface area contributed by atoms with Gasteiger partial charge in [-0.2, -0.15) is 0 Å². The SMILES string of the molecule is Oc1ccccc1-n1cccc1-c1cccs1. The Labute approximate surface area is 103 Å². The summed E-state index contributed by atoms with van der Waals surface area (Å²) in [6.07, 6.45) is 1.96. The van der Waals surface area contributed by atoms with Crippen molar-refractivity contribution in [1.29, 1.82) is 0 Å². The van der Waals surface area contributed by atoms with E-state index in [1.54, 1.807) is 17.4 Å². The van der Waals surface area contributed by atoms with E-state index in [0.29, 0.717) is 5.75 Å². The molecule has 3 aromatic rings. The third-order valence-corrected chi connectivity index (χ3v) is 3.56. The Morgan fingerprint density at radius 3 is 2.59 bits per heavy atom.